The molecule has 31 heavy (non-hydrogen) atoms. The van der Waals surface area contributed by atoms with Crippen LogP contribution in [0.1, 0.15) is 38.8 Å². The maximum Gasteiger partial charge on any atom is 0.350 e. The molecule has 0 spiro atoms. The van der Waals surface area contributed by atoms with Crippen LogP contribution in [0.15, 0.2) is 10.5 Å². The monoisotopic (exact) mass is 453 g/mol. The minimum absolute atomic E-state index is 0.0667. The fraction of sp³-hybridized carbons (Fsp3) is 0.556. The lowest BCUT2D eigenvalue weighted by Gasteiger charge is -2.21. The van der Waals surface area contributed by atoms with Crippen molar-refractivity contribution in [2.24, 2.45) is 11.1 Å². The summed E-state index contributed by atoms with van der Waals surface area (Å²) in [4.78, 5) is 58.7. The number of nitrogens with zero attached hydrogens (tertiary/aromatic N) is 3. The molecule has 1 aromatic heterocycles. The van der Waals surface area contributed by atoms with Gasteiger partial charge in [0.25, 0.3) is 5.91 Å². The molecule has 2 amide bonds. The van der Waals surface area contributed by atoms with E-state index in [1.165, 1.54) is 24.1 Å². The number of aromatic nitrogens is 1. The molecule has 2 fully saturated rings. The van der Waals surface area contributed by atoms with E-state index in [1.54, 1.807) is 0 Å². The zero-order valence-corrected chi connectivity index (χ0v) is 17.7. The van der Waals surface area contributed by atoms with Crippen molar-refractivity contribution in [2.45, 2.75) is 50.8 Å². The Morgan fingerprint density at radius 1 is 1.39 bits per heavy atom. The molecule has 1 aliphatic carbocycles. The number of carbonyl (C=O) groups excluding carboxylic acids is 2. The van der Waals surface area contributed by atoms with E-state index in [0.717, 1.165) is 17.8 Å². The lowest BCUT2D eigenvalue weighted by atomic mass is 9.98. The zero-order valence-electron chi connectivity index (χ0n) is 16.9. The van der Waals surface area contributed by atoms with E-state index < -0.39 is 41.9 Å². The van der Waals surface area contributed by atoms with Gasteiger partial charge in [0.2, 0.25) is 11.5 Å². The predicted octanol–water partition coefficient (Wildman–Crippen LogP) is -0.110. The lowest BCUT2D eigenvalue weighted by Crippen LogP contribution is -2.47. The second-order valence-electron chi connectivity index (χ2n) is 7.89. The molecule has 1 saturated carbocycles. The first-order valence-corrected chi connectivity index (χ1v) is 10.4. The number of aliphatic carboxylic acids is 2. The van der Waals surface area contributed by atoms with Crippen molar-refractivity contribution >= 4 is 45.9 Å². The number of nitrogens with two attached hydrogens (primary N) is 1. The van der Waals surface area contributed by atoms with E-state index in [1.807, 2.05) is 0 Å². The molecule has 1 aliphatic heterocycles. The second-order valence-corrected chi connectivity index (χ2v) is 8.78. The smallest absolute Gasteiger partial charge is 0.350 e. The van der Waals surface area contributed by atoms with Crippen molar-refractivity contribution in [3.8, 4) is 0 Å². The molecule has 1 aromatic rings. The lowest BCUT2D eigenvalue weighted by molar-refractivity contribution is -0.161. The Hall–Kier alpha value is -3.22. The number of rotatable bonds is 8. The molecule has 12 nitrogen and oxygen atoms in total. The average Bonchev–Trinajstić information content (AvgIpc) is 3.37. The molecular weight excluding hydrogens is 430 g/mol. The summed E-state index contributed by atoms with van der Waals surface area (Å²) in [6, 6.07) is -1.18. The molecule has 2 aliphatic rings. The molecule has 0 radical (unpaired) electrons. The number of oxime groups is 1. The molecule has 168 valence electrons. The van der Waals surface area contributed by atoms with E-state index in [2.05, 4.69) is 15.5 Å². The van der Waals surface area contributed by atoms with Crippen molar-refractivity contribution in [2.75, 3.05) is 12.3 Å². The van der Waals surface area contributed by atoms with Gasteiger partial charge in [-0.1, -0.05) is 11.6 Å². The molecule has 5 N–H and O–H groups in total. The molecule has 13 heteroatoms. The van der Waals surface area contributed by atoms with Crippen molar-refractivity contribution in [1.82, 2.24) is 15.2 Å². The minimum Gasteiger partial charge on any atom is -0.480 e. The molecule has 0 bridgehead atoms. The number of likely N-dealkylation sites (tertiary alicyclic amines) is 1. The highest BCUT2D eigenvalue weighted by atomic mass is 32.1. The Morgan fingerprint density at radius 3 is 2.68 bits per heavy atom. The van der Waals surface area contributed by atoms with Crippen LogP contribution in [0.3, 0.4) is 0 Å². The highest BCUT2D eigenvalue weighted by Crippen LogP contribution is 2.38. The first-order valence-electron chi connectivity index (χ1n) is 9.55. The van der Waals surface area contributed by atoms with Gasteiger partial charge in [-0.2, -0.15) is 0 Å². The summed E-state index contributed by atoms with van der Waals surface area (Å²) >= 11 is 1.05. The zero-order chi connectivity index (χ0) is 22.9. The Bertz CT molecular complexity index is 943. The summed E-state index contributed by atoms with van der Waals surface area (Å²) in [7, 11) is 0. The third-order valence-electron chi connectivity index (χ3n) is 5.36. The summed E-state index contributed by atoms with van der Waals surface area (Å²) in [5, 5.41) is 26.3. The van der Waals surface area contributed by atoms with Crippen LogP contribution in [0.4, 0.5) is 5.13 Å². The number of carboxylic acid groups (broad SMARTS) is 2. The number of fused-ring (bicyclic) bond motifs is 1. The molecule has 1 saturated heterocycles. The number of hydrogen-bond acceptors (Lipinski definition) is 9. The van der Waals surface area contributed by atoms with Crippen molar-refractivity contribution in [3.63, 3.8) is 0 Å². The van der Waals surface area contributed by atoms with E-state index in [4.69, 9.17) is 15.7 Å². The molecule has 2 heterocycles. The number of carbonyl (C=O) groups is 4. The van der Waals surface area contributed by atoms with E-state index in [-0.39, 0.29) is 28.5 Å². The number of amides is 2. The van der Waals surface area contributed by atoms with Crippen LogP contribution >= 0.6 is 11.3 Å². The summed E-state index contributed by atoms with van der Waals surface area (Å²) in [5.74, 6) is -3.93. The Morgan fingerprint density at radius 2 is 2.10 bits per heavy atom. The van der Waals surface area contributed by atoms with Crippen LogP contribution in [-0.2, 0) is 24.0 Å². The SMILES string of the molecule is CC(C)(O/N=C(\C(=O)N[C@@H]1C(=O)N(CC(=O)O)[C@H]2CCC[C@H]12)c1csc(N)n1)C(=O)O. The van der Waals surface area contributed by atoms with Crippen LogP contribution in [-0.4, -0.2) is 73.8 Å². The Labute approximate surface area is 181 Å². The fourth-order valence-electron chi connectivity index (χ4n) is 3.79. The first kappa shape index (κ1) is 22.5. The maximum absolute atomic E-state index is 13.0. The number of carboxylic acids is 2. The topological polar surface area (TPSA) is 185 Å². The van der Waals surface area contributed by atoms with Gasteiger partial charge in [-0.15, -0.1) is 11.3 Å². The highest BCUT2D eigenvalue weighted by molar-refractivity contribution is 7.13. The van der Waals surface area contributed by atoms with Gasteiger partial charge in [-0.25, -0.2) is 9.78 Å². The third-order valence-corrected chi connectivity index (χ3v) is 6.04. The number of nitrogen functional groups attached to an aromatic ring is 1. The number of anilines is 1. The van der Waals surface area contributed by atoms with Gasteiger partial charge in [0.05, 0.1) is 0 Å². The maximum atomic E-state index is 13.0. The van der Waals surface area contributed by atoms with Crippen molar-refractivity contribution < 1.29 is 34.2 Å². The van der Waals surface area contributed by atoms with Gasteiger partial charge < -0.3 is 31.0 Å². The number of thiazole rings is 1. The average molecular weight is 453 g/mol. The normalized spacial score (nSPS) is 23.5. The van der Waals surface area contributed by atoms with Crippen LogP contribution < -0.4 is 11.1 Å². The van der Waals surface area contributed by atoms with Crippen LogP contribution in [0.5, 0.6) is 0 Å². The highest BCUT2D eigenvalue weighted by Gasteiger charge is 2.51. The van der Waals surface area contributed by atoms with Gasteiger partial charge in [0, 0.05) is 17.3 Å². The number of hydrogen-bond donors (Lipinski definition) is 4. The Balaban J connectivity index is 1.85. The summed E-state index contributed by atoms with van der Waals surface area (Å²) in [6.07, 6.45) is 2.14. The molecule has 3 rings (SSSR count). The second kappa shape index (κ2) is 8.49. The van der Waals surface area contributed by atoms with E-state index in [9.17, 15) is 24.3 Å². The van der Waals surface area contributed by atoms with Gasteiger partial charge in [-0.05, 0) is 26.7 Å². The van der Waals surface area contributed by atoms with Crippen LogP contribution in [0.25, 0.3) is 0 Å². The standard InChI is InChI=1S/C18H23N5O7S/c1-18(2,16(28)29)30-22-13(9-7-31-17(19)20-9)14(26)21-12-8-4-3-5-10(8)23(15(12)27)6-11(24)25/h7-8,10,12H,3-6H2,1-2H3,(H2,19,20)(H,21,26)(H,24,25)(H,28,29)/b22-13-/t8-,10-,12-/m0/s1. The van der Waals surface area contributed by atoms with Gasteiger partial charge in [0.15, 0.2) is 10.8 Å². The Kier molecular flexibility index (Phi) is 6.15. The third kappa shape index (κ3) is 4.60. The van der Waals surface area contributed by atoms with Crippen LogP contribution in [0, 0.1) is 5.92 Å². The number of nitrogens with one attached hydrogen (secondary N) is 1. The summed E-state index contributed by atoms with van der Waals surface area (Å²) < 4.78 is 0. The minimum atomic E-state index is -1.72. The van der Waals surface area contributed by atoms with Gasteiger partial charge in [-0.3, -0.25) is 14.4 Å². The molecular formula is C18H23N5O7S. The van der Waals surface area contributed by atoms with Crippen molar-refractivity contribution in [3.05, 3.63) is 11.1 Å². The van der Waals surface area contributed by atoms with E-state index >= 15 is 0 Å². The van der Waals surface area contributed by atoms with Crippen molar-refractivity contribution in [1.29, 1.82) is 0 Å². The van der Waals surface area contributed by atoms with Gasteiger partial charge >= 0.3 is 11.9 Å². The first-order chi connectivity index (χ1) is 14.5. The fourth-order valence-corrected chi connectivity index (χ4v) is 4.34. The predicted molar refractivity (Wildman–Crippen MR) is 108 cm³/mol. The largest absolute Gasteiger partial charge is 0.480 e. The van der Waals surface area contributed by atoms with E-state index in [0.29, 0.717) is 12.8 Å². The van der Waals surface area contributed by atoms with Crippen LogP contribution in [0.2, 0.25) is 0 Å². The van der Waals surface area contributed by atoms with Gasteiger partial charge in [0.1, 0.15) is 18.3 Å². The molecule has 0 aromatic carbocycles. The summed E-state index contributed by atoms with van der Waals surface area (Å²) in [5.41, 5.74) is 3.65. The molecule has 0 unspecified atom stereocenters. The molecule has 3 atom stereocenters. The summed E-state index contributed by atoms with van der Waals surface area (Å²) in [6.45, 7) is 2.08. The quantitative estimate of drug-likeness (QED) is 0.308.